The molecule has 2 heterocycles. The van der Waals surface area contributed by atoms with Gasteiger partial charge < -0.3 is 20.1 Å². The maximum absolute atomic E-state index is 13.0. The summed E-state index contributed by atoms with van der Waals surface area (Å²) in [6, 6.07) is 0. The minimum absolute atomic E-state index is 0.205. The van der Waals surface area contributed by atoms with Gasteiger partial charge in [-0.2, -0.15) is 0 Å². The van der Waals surface area contributed by atoms with Crippen LogP contribution in [0.2, 0.25) is 0 Å². The van der Waals surface area contributed by atoms with E-state index in [-0.39, 0.29) is 23.8 Å². The highest BCUT2D eigenvalue weighted by molar-refractivity contribution is 5.97. The average molecular weight is 463 g/mol. The van der Waals surface area contributed by atoms with Crippen LogP contribution >= 0.6 is 0 Å². The lowest BCUT2D eigenvalue weighted by atomic mass is 9.66. The first-order chi connectivity index (χ1) is 15.2. The fraction of sp³-hybridized carbons (Fsp3) is 0.840. The molecule has 33 heavy (non-hydrogen) atoms. The molecule has 8 heteroatoms. The van der Waals surface area contributed by atoms with Gasteiger partial charge in [-0.25, -0.2) is 0 Å². The van der Waals surface area contributed by atoms with E-state index in [1.807, 2.05) is 41.5 Å². The number of esters is 2. The highest BCUT2D eigenvalue weighted by Crippen LogP contribution is 2.66. The van der Waals surface area contributed by atoms with Crippen molar-refractivity contribution < 1.29 is 28.7 Å². The van der Waals surface area contributed by atoms with Crippen LogP contribution in [0.1, 0.15) is 86.5 Å². The Hall–Kier alpha value is -2.12. The first-order valence-corrected chi connectivity index (χ1v) is 12.3. The second kappa shape index (κ2) is 7.19. The molecule has 0 spiro atoms. The van der Waals surface area contributed by atoms with Crippen LogP contribution < -0.4 is 10.6 Å². The zero-order valence-corrected chi connectivity index (χ0v) is 20.8. The smallest absolute Gasteiger partial charge is 0.313 e. The van der Waals surface area contributed by atoms with Crippen LogP contribution in [0.5, 0.6) is 0 Å². The van der Waals surface area contributed by atoms with Crippen LogP contribution in [0.15, 0.2) is 0 Å². The third-order valence-corrected chi connectivity index (χ3v) is 10.3. The Morgan fingerprint density at radius 2 is 1.03 bits per heavy atom. The fourth-order valence-corrected chi connectivity index (χ4v) is 6.61. The van der Waals surface area contributed by atoms with Crippen molar-refractivity contribution >= 4 is 23.8 Å². The van der Waals surface area contributed by atoms with Crippen LogP contribution in [0, 0.1) is 21.7 Å². The summed E-state index contributed by atoms with van der Waals surface area (Å²) in [6.07, 6.45) is 4.78. The summed E-state index contributed by atoms with van der Waals surface area (Å²) >= 11 is 0. The minimum atomic E-state index is -1.08. The number of ether oxygens (including phenoxy) is 2. The molecule has 0 aromatic rings. The van der Waals surface area contributed by atoms with Gasteiger partial charge in [-0.15, -0.1) is 0 Å². The highest BCUT2D eigenvalue weighted by atomic mass is 16.6. The quantitative estimate of drug-likeness (QED) is 0.424. The van der Waals surface area contributed by atoms with E-state index in [2.05, 4.69) is 10.6 Å². The lowest BCUT2D eigenvalue weighted by molar-refractivity contribution is -0.168. The summed E-state index contributed by atoms with van der Waals surface area (Å²) in [5.41, 5.74) is -4.46. The number of hydrogen-bond acceptors (Lipinski definition) is 6. The number of hydrogen-bond donors (Lipinski definition) is 2. The third-order valence-electron chi connectivity index (χ3n) is 10.3. The monoisotopic (exact) mass is 462 g/mol. The van der Waals surface area contributed by atoms with Gasteiger partial charge in [0.25, 0.3) is 11.8 Å². The zero-order valence-electron chi connectivity index (χ0n) is 20.8. The molecule has 2 N–H and O–H groups in total. The predicted octanol–water partition coefficient (Wildman–Crippen LogP) is 2.63. The lowest BCUT2D eigenvalue weighted by Crippen LogP contribution is -2.53. The van der Waals surface area contributed by atoms with E-state index < -0.39 is 32.9 Å². The van der Waals surface area contributed by atoms with Gasteiger partial charge in [0.15, 0.2) is 11.2 Å². The normalized spacial score (nSPS) is 39.3. The van der Waals surface area contributed by atoms with Crippen molar-refractivity contribution in [3.05, 3.63) is 0 Å². The Labute approximate surface area is 195 Å². The molecule has 4 fully saturated rings. The third kappa shape index (κ3) is 2.75. The van der Waals surface area contributed by atoms with E-state index in [0.717, 1.165) is 19.3 Å². The van der Waals surface area contributed by atoms with Gasteiger partial charge in [-0.3, -0.25) is 19.2 Å². The zero-order chi connectivity index (χ0) is 24.5. The van der Waals surface area contributed by atoms with E-state index >= 15 is 0 Å². The van der Waals surface area contributed by atoms with Crippen LogP contribution in [0.3, 0.4) is 0 Å². The molecule has 4 rings (SSSR count). The summed E-state index contributed by atoms with van der Waals surface area (Å²) in [4.78, 5) is 50.6. The number of rotatable bonds is 8. The first kappa shape index (κ1) is 24.0. The van der Waals surface area contributed by atoms with Crippen LogP contribution in [-0.4, -0.2) is 48.0 Å². The second-order valence-corrected chi connectivity index (χ2v) is 11.9. The van der Waals surface area contributed by atoms with E-state index in [0.29, 0.717) is 38.8 Å². The molecule has 2 saturated carbocycles. The van der Waals surface area contributed by atoms with E-state index in [9.17, 15) is 19.2 Å². The summed E-state index contributed by atoms with van der Waals surface area (Å²) < 4.78 is 11.2. The van der Waals surface area contributed by atoms with Gasteiger partial charge in [0.05, 0.1) is 10.8 Å². The van der Waals surface area contributed by atoms with Crippen molar-refractivity contribution in [3.63, 3.8) is 0 Å². The number of amides is 2. The molecule has 8 nitrogen and oxygen atoms in total. The number of nitrogens with one attached hydrogen (secondary N) is 2. The molecule has 0 aromatic heterocycles. The molecular formula is C25H38N2O6. The maximum Gasteiger partial charge on any atom is 0.313 e. The van der Waals surface area contributed by atoms with Crippen LogP contribution in [-0.2, 0) is 28.7 Å². The van der Waals surface area contributed by atoms with Gasteiger partial charge in [-0.1, -0.05) is 27.7 Å². The number of unbranched alkanes of at least 4 members (excludes halogenated alkanes) is 2. The lowest BCUT2D eigenvalue weighted by Gasteiger charge is -2.35. The summed E-state index contributed by atoms with van der Waals surface area (Å²) in [6.45, 7) is 12.6. The maximum atomic E-state index is 13.0. The van der Waals surface area contributed by atoms with Crippen molar-refractivity contribution in [2.45, 2.75) is 97.7 Å². The predicted molar refractivity (Wildman–Crippen MR) is 120 cm³/mol. The molecule has 0 radical (unpaired) electrons. The molecule has 2 amide bonds. The topological polar surface area (TPSA) is 111 Å². The Morgan fingerprint density at radius 3 is 1.30 bits per heavy atom. The molecule has 2 aliphatic carbocycles. The van der Waals surface area contributed by atoms with Crippen molar-refractivity contribution in [1.82, 2.24) is 10.6 Å². The van der Waals surface area contributed by atoms with Gasteiger partial charge in [0.1, 0.15) is 0 Å². The number of carbonyl (C=O) groups excluding carboxylic acids is 4. The Kier molecular flexibility index (Phi) is 5.23. The summed E-state index contributed by atoms with van der Waals surface area (Å²) in [5, 5.41) is 5.92. The Bertz CT molecular complexity index is 841. The molecule has 0 aromatic carbocycles. The Morgan fingerprint density at radius 1 is 0.667 bits per heavy atom. The van der Waals surface area contributed by atoms with Crippen LogP contribution in [0.4, 0.5) is 0 Å². The van der Waals surface area contributed by atoms with Gasteiger partial charge in [-0.05, 0) is 58.8 Å². The Balaban J connectivity index is 1.20. The largest absolute Gasteiger partial charge is 0.448 e. The SMILES string of the molecule is CC1(C)[C@@]2(C)CC[C@]1(C(=O)NCCCCCNC(=O)[C@@]13CC[C@@](C)(C(=O)O1)C3(C)C)OC2=O. The van der Waals surface area contributed by atoms with Crippen molar-refractivity contribution in [3.8, 4) is 0 Å². The molecule has 4 atom stereocenters. The molecule has 2 saturated heterocycles. The standard InChI is InChI=1S/C25H38N2O6/c1-20(2)22(5)10-12-24(20,32-18(22)30)16(28)26-14-8-7-9-15-27-17(29)25-13-11-23(6,19(31)33-25)21(25,3)4/h7-15H2,1-6H3,(H,26,28)(H,27,29)/t22-,23-,24+,25+/m0/s1. The van der Waals surface area contributed by atoms with Crippen molar-refractivity contribution in [2.24, 2.45) is 21.7 Å². The first-order valence-electron chi connectivity index (χ1n) is 12.3. The number of carbonyl (C=O) groups is 4. The highest BCUT2D eigenvalue weighted by Gasteiger charge is 2.76. The van der Waals surface area contributed by atoms with Crippen LogP contribution in [0.25, 0.3) is 0 Å². The van der Waals surface area contributed by atoms with E-state index in [4.69, 9.17) is 9.47 Å². The van der Waals surface area contributed by atoms with E-state index in [1.165, 1.54) is 0 Å². The van der Waals surface area contributed by atoms with Crippen molar-refractivity contribution in [1.29, 1.82) is 0 Å². The number of fused-ring (bicyclic) bond motifs is 4. The minimum Gasteiger partial charge on any atom is -0.448 e. The fourth-order valence-electron chi connectivity index (χ4n) is 6.61. The molecule has 4 bridgehead atoms. The molecule has 0 unspecified atom stereocenters. The average Bonchev–Trinajstić information content (AvgIpc) is 3.20. The van der Waals surface area contributed by atoms with Gasteiger partial charge >= 0.3 is 11.9 Å². The van der Waals surface area contributed by atoms with Gasteiger partial charge in [0, 0.05) is 23.9 Å². The second-order valence-electron chi connectivity index (χ2n) is 11.9. The molecule has 2 aliphatic heterocycles. The summed E-state index contributed by atoms with van der Waals surface area (Å²) in [7, 11) is 0. The van der Waals surface area contributed by atoms with Gasteiger partial charge in [0.2, 0.25) is 0 Å². The van der Waals surface area contributed by atoms with Crippen molar-refractivity contribution in [2.75, 3.05) is 13.1 Å². The van der Waals surface area contributed by atoms with E-state index in [1.54, 1.807) is 0 Å². The molecule has 4 aliphatic rings. The molecular weight excluding hydrogens is 424 g/mol. The summed E-state index contributed by atoms with van der Waals surface area (Å²) in [5.74, 6) is -0.960. The molecule has 184 valence electrons.